The van der Waals surface area contributed by atoms with Crippen LogP contribution >= 0.6 is 11.3 Å². The Kier molecular flexibility index (Phi) is 2.45. The Hall–Kier alpha value is -0.630. The number of rotatable bonds is 2. The second-order valence-corrected chi connectivity index (χ2v) is 4.08. The average Bonchev–Trinajstić information content (AvgIpc) is 2.30. The van der Waals surface area contributed by atoms with E-state index in [1.165, 1.54) is 10.4 Å². The monoisotopic (exact) mass is 168 g/mol. The van der Waals surface area contributed by atoms with Gasteiger partial charge in [0.2, 0.25) is 0 Å². The minimum absolute atomic E-state index is 0.536. The lowest BCUT2D eigenvalue weighted by atomic mass is 10.1. The molecule has 1 nitrogen and oxygen atoms in total. The molecular weight excluding hydrogens is 156 g/mol. The predicted molar refractivity (Wildman–Crippen MR) is 48.5 cm³/mol. The van der Waals surface area contributed by atoms with Crippen molar-refractivity contribution in [3.63, 3.8) is 0 Å². The van der Waals surface area contributed by atoms with Crippen LogP contribution in [-0.2, 0) is 0 Å². The van der Waals surface area contributed by atoms with E-state index in [4.69, 9.17) is 0 Å². The minimum atomic E-state index is 0.536. The van der Waals surface area contributed by atoms with Gasteiger partial charge in [-0.05, 0) is 24.5 Å². The lowest BCUT2D eigenvalue weighted by molar-refractivity contribution is 0.112. The lowest BCUT2D eigenvalue weighted by Crippen LogP contribution is -1.82. The molecule has 0 saturated heterocycles. The molecule has 1 aromatic rings. The molecule has 0 bridgehead atoms. The highest BCUT2D eigenvalue weighted by molar-refractivity contribution is 7.13. The van der Waals surface area contributed by atoms with Crippen LogP contribution in [-0.4, -0.2) is 6.29 Å². The van der Waals surface area contributed by atoms with Crippen molar-refractivity contribution in [2.45, 2.75) is 26.7 Å². The summed E-state index contributed by atoms with van der Waals surface area (Å²) in [6.45, 7) is 6.35. The van der Waals surface area contributed by atoms with Crippen molar-refractivity contribution in [1.29, 1.82) is 0 Å². The van der Waals surface area contributed by atoms with Crippen LogP contribution in [0.15, 0.2) is 6.07 Å². The number of carbonyl (C=O) groups excluding carboxylic acids is 1. The maximum atomic E-state index is 10.4. The van der Waals surface area contributed by atoms with Crippen molar-refractivity contribution in [2.75, 3.05) is 0 Å². The fraction of sp³-hybridized carbons (Fsp3) is 0.444. The summed E-state index contributed by atoms with van der Waals surface area (Å²) in [5.74, 6) is 0.536. The van der Waals surface area contributed by atoms with Crippen LogP contribution < -0.4 is 0 Å². The maximum Gasteiger partial charge on any atom is 0.160 e. The van der Waals surface area contributed by atoms with Crippen LogP contribution in [0.25, 0.3) is 0 Å². The highest BCUT2D eigenvalue weighted by Crippen LogP contribution is 2.27. The molecule has 1 rings (SSSR count). The van der Waals surface area contributed by atoms with Gasteiger partial charge in [0.25, 0.3) is 0 Å². The quantitative estimate of drug-likeness (QED) is 0.620. The van der Waals surface area contributed by atoms with Gasteiger partial charge in [0.15, 0.2) is 6.29 Å². The van der Waals surface area contributed by atoms with Crippen LogP contribution in [0, 0.1) is 6.92 Å². The number of aryl methyl sites for hydroxylation is 1. The summed E-state index contributed by atoms with van der Waals surface area (Å²) >= 11 is 1.60. The van der Waals surface area contributed by atoms with Gasteiger partial charge in [-0.1, -0.05) is 13.8 Å². The van der Waals surface area contributed by atoms with Gasteiger partial charge in [-0.15, -0.1) is 11.3 Å². The first-order valence-electron chi connectivity index (χ1n) is 3.70. The third-order valence-electron chi connectivity index (χ3n) is 1.62. The Bertz CT molecular complexity index is 261. The molecule has 0 aliphatic heterocycles. The summed E-state index contributed by atoms with van der Waals surface area (Å²) in [5.41, 5.74) is 1.24. The molecule has 0 unspecified atom stereocenters. The molecule has 0 radical (unpaired) electrons. The molecule has 11 heavy (non-hydrogen) atoms. The van der Waals surface area contributed by atoms with E-state index in [-0.39, 0.29) is 0 Å². The third kappa shape index (κ3) is 1.69. The molecule has 60 valence electrons. The van der Waals surface area contributed by atoms with E-state index in [2.05, 4.69) is 20.8 Å². The van der Waals surface area contributed by atoms with E-state index >= 15 is 0 Å². The Morgan fingerprint density at radius 1 is 1.55 bits per heavy atom. The van der Waals surface area contributed by atoms with Gasteiger partial charge in [-0.3, -0.25) is 4.79 Å². The maximum absolute atomic E-state index is 10.4. The second kappa shape index (κ2) is 3.18. The minimum Gasteiger partial charge on any atom is -0.297 e. The first-order valence-corrected chi connectivity index (χ1v) is 4.52. The van der Waals surface area contributed by atoms with Crippen LogP contribution in [0.2, 0.25) is 0 Å². The molecule has 0 spiro atoms. The highest BCUT2D eigenvalue weighted by atomic mass is 32.1. The summed E-state index contributed by atoms with van der Waals surface area (Å²) in [5, 5.41) is 0. The van der Waals surface area contributed by atoms with E-state index in [1.54, 1.807) is 11.3 Å². The largest absolute Gasteiger partial charge is 0.297 e. The number of hydrogen-bond donors (Lipinski definition) is 0. The third-order valence-corrected chi connectivity index (χ3v) is 3.08. The van der Waals surface area contributed by atoms with Gasteiger partial charge in [-0.2, -0.15) is 0 Å². The van der Waals surface area contributed by atoms with Gasteiger partial charge >= 0.3 is 0 Å². The van der Waals surface area contributed by atoms with E-state index in [0.29, 0.717) is 5.92 Å². The Balaban J connectivity index is 3.06. The summed E-state index contributed by atoms with van der Waals surface area (Å²) in [4.78, 5) is 12.6. The van der Waals surface area contributed by atoms with E-state index in [0.717, 1.165) is 11.2 Å². The summed E-state index contributed by atoms with van der Waals surface area (Å²) in [6, 6.07) is 1.95. The topological polar surface area (TPSA) is 17.1 Å². The van der Waals surface area contributed by atoms with Crippen molar-refractivity contribution in [3.8, 4) is 0 Å². The highest BCUT2D eigenvalue weighted by Gasteiger charge is 2.07. The van der Waals surface area contributed by atoms with E-state index in [1.807, 2.05) is 6.07 Å². The SMILES string of the molecule is Cc1cc(C=O)sc1C(C)C. The van der Waals surface area contributed by atoms with E-state index in [9.17, 15) is 4.79 Å². The van der Waals surface area contributed by atoms with Gasteiger partial charge in [0.1, 0.15) is 0 Å². The molecule has 0 fully saturated rings. The van der Waals surface area contributed by atoms with Gasteiger partial charge < -0.3 is 0 Å². The Morgan fingerprint density at radius 3 is 2.45 bits per heavy atom. The molecular formula is C9H12OS. The van der Waals surface area contributed by atoms with Crippen LogP contribution in [0.1, 0.15) is 39.9 Å². The molecule has 0 aliphatic rings. The number of thiophene rings is 1. The standard InChI is InChI=1S/C9H12OS/c1-6(2)9-7(3)4-8(5-10)11-9/h4-6H,1-3H3. The fourth-order valence-electron chi connectivity index (χ4n) is 1.15. The Labute approximate surface area is 71.1 Å². The molecule has 0 saturated carbocycles. The molecule has 2 heteroatoms. The molecule has 0 amide bonds. The molecule has 0 aromatic carbocycles. The molecule has 0 aliphatic carbocycles. The van der Waals surface area contributed by atoms with Crippen LogP contribution in [0.4, 0.5) is 0 Å². The van der Waals surface area contributed by atoms with Crippen molar-refractivity contribution in [2.24, 2.45) is 0 Å². The first kappa shape index (κ1) is 8.47. The zero-order valence-corrected chi connectivity index (χ0v) is 7.87. The van der Waals surface area contributed by atoms with Crippen molar-refractivity contribution < 1.29 is 4.79 Å². The van der Waals surface area contributed by atoms with Crippen molar-refractivity contribution in [1.82, 2.24) is 0 Å². The average molecular weight is 168 g/mol. The summed E-state index contributed by atoms with van der Waals surface area (Å²) in [6.07, 6.45) is 0.920. The van der Waals surface area contributed by atoms with Gasteiger partial charge in [0.05, 0.1) is 4.88 Å². The first-order chi connectivity index (χ1) is 5.15. The van der Waals surface area contributed by atoms with Crippen molar-refractivity contribution in [3.05, 3.63) is 21.4 Å². The molecule has 1 aromatic heterocycles. The molecule has 0 atom stereocenters. The van der Waals surface area contributed by atoms with Gasteiger partial charge in [-0.25, -0.2) is 0 Å². The fourth-order valence-corrected chi connectivity index (χ4v) is 2.15. The zero-order valence-electron chi connectivity index (χ0n) is 7.05. The van der Waals surface area contributed by atoms with E-state index < -0.39 is 0 Å². The smallest absolute Gasteiger partial charge is 0.160 e. The lowest BCUT2D eigenvalue weighted by Gasteiger charge is -2.00. The summed E-state index contributed by atoms with van der Waals surface area (Å²) in [7, 11) is 0. The summed E-state index contributed by atoms with van der Waals surface area (Å²) < 4.78 is 0. The predicted octanol–water partition coefficient (Wildman–Crippen LogP) is 2.99. The zero-order chi connectivity index (χ0) is 8.43. The number of hydrogen-bond acceptors (Lipinski definition) is 2. The van der Waals surface area contributed by atoms with Crippen molar-refractivity contribution >= 4 is 17.6 Å². The number of carbonyl (C=O) groups is 1. The molecule has 1 heterocycles. The number of aldehydes is 1. The second-order valence-electron chi connectivity index (χ2n) is 2.97. The Morgan fingerprint density at radius 2 is 2.18 bits per heavy atom. The van der Waals surface area contributed by atoms with Crippen LogP contribution in [0.5, 0.6) is 0 Å². The van der Waals surface area contributed by atoms with Gasteiger partial charge in [0, 0.05) is 4.88 Å². The van der Waals surface area contributed by atoms with Crippen LogP contribution in [0.3, 0.4) is 0 Å². The molecule has 0 N–H and O–H groups in total. The normalized spacial score (nSPS) is 10.5.